The molecule has 0 spiro atoms. The second kappa shape index (κ2) is 15.9. The summed E-state index contributed by atoms with van der Waals surface area (Å²) >= 11 is 1.98. The fourth-order valence-electron chi connectivity index (χ4n) is 2.62. The van der Waals surface area contributed by atoms with Crippen molar-refractivity contribution in [3.63, 3.8) is 0 Å². The molecule has 0 aromatic rings. The van der Waals surface area contributed by atoms with E-state index in [0.717, 1.165) is 0 Å². The lowest BCUT2D eigenvalue weighted by molar-refractivity contribution is -0.132. The summed E-state index contributed by atoms with van der Waals surface area (Å²) < 4.78 is 0.395. The van der Waals surface area contributed by atoms with Gasteiger partial charge < -0.3 is 27.0 Å². The highest BCUT2D eigenvalue weighted by Crippen LogP contribution is 2.06. The van der Waals surface area contributed by atoms with Crippen LogP contribution in [-0.2, 0) is 19.2 Å². The maximum absolute atomic E-state index is 12.6. The number of nitrogens with two attached hydrogens (primary N) is 1. The Bertz CT molecular complexity index is 600. The molecule has 0 fully saturated rings. The number of hydrogen-bond donors (Lipinski definition) is 5. The summed E-state index contributed by atoms with van der Waals surface area (Å²) in [5.41, 5.74) is 4.99. The fraction of sp³-hybridized carbons (Fsp3) is 0.737. The van der Waals surface area contributed by atoms with E-state index >= 15 is 0 Å². The van der Waals surface area contributed by atoms with E-state index in [1.807, 2.05) is 36.4 Å². The first-order valence-corrected chi connectivity index (χ1v) is 11.6. The van der Waals surface area contributed by atoms with E-state index in [9.17, 15) is 24.0 Å². The average molecular weight is 539 g/mol. The van der Waals surface area contributed by atoms with Gasteiger partial charge in [0.15, 0.2) is 5.78 Å². The number of hydrogen-bond acceptors (Lipinski definition) is 5. The predicted molar refractivity (Wildman–Crippen MR) is 122 cm³/mol. The zero-order valence-electron chi connectivity index (χ0n) is 17.9. The van der Waals surface area contributed by atoms with Gasteiger partial charge in [0.05, 0.1) is 10.5 Å². The Labute approximate surface area is 191 Å². The molecule has 0 heterocycles. The van der Waals surface area contributed by atoms with Crippen LogP contribution >= 0.6 is 22.6 Å². The van der Waals surface area contributed by atoms with Crippen LogP contribution in [0.25, 0.3) is 0 Å². The summed E-state index contributed by atoms with van der Waals surface area (Å²) in [5, 5.41) is 10.6. The average Bonchev–Trinajstić information content (AvgIpc) is 2.66. The van der Waals surface area contributed by atoms with Crippen molar-refractivity contribution in [1.82, 2.24) is 21.3 Å². The van der Waals surface area contributed by atoms with Gasteiger partial charge in [-0.2, -0.15) is 0 Å². The second-order valence-corrected chi connectivity index (χ2v) is 8.10. The SMILES string of the molecule is CC(=O)[C@H](CCCNC(N)=O)NC(=O)C(NC(=O)CCCCNC(=O)CI)C(C)C. The van der Waals surface area contributed by atoms with Crippen LogP contribution in [0.5, 0.6) is 0 Å². The summed E-state index contributed by atoms with van der Waals surface area (Å²) in [6.07, 6.45) is 2.32. The number of primary amides is 1. The van der Waals surface area contributed by atoms with Gasteiger partial charge >= 0.3 is 6.03 Å². The minimum atomic E-state index is -0.762. The number of carbonyl (C=O) groups excluding carboxylic acids is 5. The van der Waals surface area contributed by atoms with Gasteiger partial charge in [0, 0.05) is 19.5 Å². The molecular formula is C19H34IN5O5. The second-order valence-electron chi connectivity index (χ2n) is 7.33. The molecule has 0 aliphatic carbocycles. The topological polar surface area (TPSA) is 159 Å². The Morgan fingerprint density at radius 2 is 1.53 bits per heavy atom. The lowest BCUT2D eigenvalue weighted by Crippen LogP contribution is -2.53. The molecule has 0 aromatic carbocycles. The quantitative estimate of drug-likeness (QED) is 0.115. The molecule has 0 aliphatic heterocycles. The minimum Gasteiger partial charge on any atom is -0.355 e. The first kappa shape index (κ1) is 28.1. The third-order valence-electron chi connectivity index (χ3n) is 4.32. The molecule has 11 heteroatoms. The highest BCUT2D eigenvalue weighted by Gasteiger charge is 2.27. The smallest absolute Gasteiger partial charge is 0.312 e. The molecule has 5 amide bonds. The molecule has 0 rings (SSSR count). The van der Waals surface area contributed by atoms with Crippen LogP contribution < -0.4 is 27.0 Å². The lowest BCUT2D eigenvalue weighted by Gasteiger charge is -2.24. The molecule has 0 aliphatic rings. The van der Waals surface area contributed by atoms with Gasteiger partial charge in [-0.3, -0.25) is 19.2 Å². The number of halogens is 1. The van der Waals surface area contributed by atoms with Crippen molar-refractivity contribution >= 4 is 52.1 Å². The number of carbonyl (C=O) groups is 5. The molecule has 30 heavy (non-hydrogen) atoms. The Morgan fingerprint density at radius 3 is 2.07 bits per heavy atom. The van der Waals surface area contributed by atoms with Crippen LogP contribution in [0.15, 0.2) is 0 Å². The van der Waals surface area contributed by atoms with Crippen molar-refractivity contribution in [2.75, 3.05) is 17.5 Å². The largest absolute Gasteiger partial charge is 0.355 e. The molecule has 10 nitrogen and oxygen atoms in total. The van der Waals surface area contributed by atoms with E-state index in [-0.39, 0.29) is 29.9 Å². The number of Topliss-reactive ketones (excluding diaryl/α,β-unsaturated/α-hetero) is 1. The van der Waals surface area contributed by atoms with Crippen molar-refractivity contribution in [2.45, 2.75) is 65.0 Å². The minimum absolute atomic E-state index is 0.0398. The van der Waals surface area contributed by atoms with Gasteiger partial charge in [-0.15, -0.1) is 0 Å². The maximum atomic E-state index is 12.6. The van der Waals surface area contributed by atoms with E-state index in [0.29, 0.717) is 43.2 Å². The predicted octanol–water partition coefficient (Wildman–Crippen LogP) is 0.371. The third kappa shape index (κ3) is 13.3. The van der Waals surface area contributed by atoms with Crippen molar-refractivity contribution < 1.29 is 24.0 Å². The molecule has 0 aromatic heterocycles. The van der Waals surface area contributed by atoms with Crippen LogP contribution in [-0.4, -0.2) is 59.1 Å². The molecule has 0 radical (unpaired) electrons. The van der Waals surface area contributed by atoms with Crippen LogP contribution in [0.1, 0.15) is 52.9 Å². The molecule has 172 valence electrons. The first-order valence-electron chi connectivity index (χ1n) is 10.0. The Morgan fingerprint density at radius 1 is 0.900 bits per heavy atom. The van der Waals surface area contributed by atoms with Crippen LogP contribution in [0.3, 0.4) is 0 Å². The zero-order valence-corrected chi connectivity index (χ0v) is 20.0. The Hall–Kier alpha value is -1.92. The number of ketones is 1. The van der Waals surface area contributed by atoms with E-state index in [1.54, 1.807) is 0 Å². The standard InChI is InChI=1S/C19H34IN5O5/c1-12(2)17(25-15(27)8-4-5-9-22-16(28)11-20)18(29)24-14(13(3)26)7-6-10-23-19(21)30/h12,14,17H,4-11H2,1-3H3,(H,22,28)(H,24,29)(H,25,27)(H3,21,23,30)/t14-,17?/m0/s1. The van der Waals surface area contributed by atoms with Crippen molar-refractivity contribution in [2.24, 2.45) is 11.7 Å². The van der Waals surface area contributed by atoms with Gasteiger partial charge in [0.25, 0.3) is 0 Å². The first-order chi connectivity index (χ1) is 14.1. The fourth-order valence-corrected chi connectivity index (χ4v) is 2.89. The van der Waals surface area contributed by atoms with Gasteiger partial charge in [-0.1, -0.05) is 36.4 Å². The Balaban J connectivity index is 4.54. The number of rotatable bonds is 15. The number of amides is 5. The van der Waals surface area contributed by atoms with Crippen LogP contribution in [0, 0.1) is 5.92 Å². The number of nitrogens with one attached hydrogen (secondary N) is 4. The summed E-state index contributed by atoms with van der Waals surface area (Å²) in [5.74, 6) is -1.09. The molecular weight excluding hydrogens is 505 g/mol. The summed E-state index contributed by atoms with van der Waals surface area (Å²) in [7, 11) is 0. The van der Waals surface area contributed by atoms with Crippen molar-refractivity contribution in [1.29, 1.82) is 0 Å². The van der Waals surface area contributed by atoms with Gasteiger partial charge in [0.2, 0.25) is 17.7 Å². The number of urea groups is 1. The van der Waals surface area contributed by atoms with Gasteiger partial charge in [0.1, 0.15) is 6.04 Å². The third-order valence-corrected chi connectivity index (χ3v) is 5.01. The summed E-state index contributed by atoms with van der Waals surface area (Å²) in [6, 6.07) is -2.11. The molecule has 6 N–H and O–H groups in total. The number of alkyl halides is 1. The monoisotopic (exact) mass is 539 g/mol. The highest BCUT2D eigenvalue weighted by atomic mass is 127. The normalized spacial score (nSPS) is 12.6. The molecule has 2 atom stereocenters. The lowest BCUT2D eigenvalue weighted by atomic mass is 10.0. The highest BCUT2D eigenvalue weighted by molar-refractivity contribution is 14.1. The molecule has 0 bridgehead atoms. The van der Waals surface area contributed by atoms with Crippen LogP contribution in [0.2, 0.25) is 0 Å². The van der Waals surface area contributed by atoms with Crippen molar-refractivity contribution in [3.8, 4) is 0 Å². The molecule has 0 saturated heterocycles. The summed E-state index contributed by atoms with van der Waals surface area (Å²) in [4.78, 5) is 58.6. The molecule has 1 unspecified atom stereocenters. The van der Waals surface area contributed by atoms with E-state index in [2.05, 4.69) is 21.3 Å². The number of unbranched alkanes of at least 4 members (excludes halogenated alkanes) is 1. The van der Waals surface area contributed by atoms with Gasteiger partial charge in [-0.25, -0.2) is 4.79 Å². The van der Waals surface area contributed by atoms with E-state index in [1.165, 1.54) is 6.92 Å². The molecule has 0 saturated carbocycles. The van der Waals surface area contributed by atoms with Crippen LogP contribution in [0.4, 0.5) is 4.79 Å². The Kier molecular flexibility index (Phi) is 14.8. The zero-order chi connectivity index (χ0) is 23.1. The van der Waals surface area contributed by atoms with E-state index in [4.69, 9.17) is 5.73 Å². The van der Waals surface area contributed by atoms with Crippen molar-refractivity contribution in [3.05, 3.63) is 0 Å². The van der Waals surface area contributed by atoms with E-state index < -0.39 is 24.0 Å². The summed E-state index contributed by atoms with van der Waals surface area (Å²) in [6.45, 7) is 5.81. The maximum Gasteiger partial charge on any atom is 0.312 e. The van der Waals surface area contributed by atoms with Gasteiger partial charge in [-0.05, 0) is 38.5 Å².